The predicted molar refractivity (Wildman–Crippen MR) is 83.2 cm³/mol. The van der Waals surface area contributed by atoms with Gasteiger partial charge in [0.2, 0.25) is 5.96 Å². The van der Waals surface area contributed by atoms with Crippen LogP contribution in [0.2, 0.25) is 0 Å². The Morgan fingerprint density at radius 2 is 1.85 bits per heavy atom. The summed E-state index contributed by atoms with van der Waals surface area (Å²) in [5.41, 5.74) is 4.09. The Morgan fingerprint density at radius 1 is 1.20 bits per heavy atom. The number of aliphatic imine (C=N–C) groups is 1. The summed E-state index contributed by atoms with van der Waals surface area (Å²) in [7, 11) is 0. The van der Waals surface area contributed by atoms with Gasteiger partial charge >= 0.3 is 0 Å². The number of guanidine groups is 1. The first-order valence-corrected chi connectivity index (χ1v) is 7.24. The van der Waals surface area contributed by atoms with Crippen LogP contribution in [0.1, 0.15) is 19.4 Å². The van der Waals surface area contributed by atoms with Crippen LogP contribution in [0.5, 0.6) is 0 Å². The smallest absolute Gasteiger partial charge is 0.208 e. The average molecular weight is 275 g/mol. The number of nitrogens with zero attached hydrogens (tertiary/aromatic N) is 3. The van der Waals surface area contributed by atoms with Gasteiger partial charge in [-0.25, -0.2) is 10.8 Å². The normalized spacial score (nSPS) is 17.6. The highest BCUT2D eigenvalue weighted by molar-refractivity contribution is 5.79. The molecule has 0 atom stereocenters. The first-order valence-electron chi connectivity index (χ1n) is 7.24. The van der Waals surface area contributed by atoms with E-state index in [-0.39, 0.29) is 6.04 Å². The number of nitrogens with two attached hydrogens (primary N) is 1. The number of piperazine rings is 1. The van der Waals surface area contributed by atoms with E-state index in [1.165, 1.54) is 5.56 Å². The summed E-state index contributed by atoms with van der Waals surface area (Å²) >= 11 is 0. The van der Waals surface area contributed by atoms with E-state index in [0.717, 1.165) is 38.7 Å². The van der Waals surface area contributed by atoms with E-state index in [4.69, 9.17) is 5.84 Å². The number of benzene rings is 1. The Hall–Kier alpha value is -1.59. The molecule has 0 bridgehead atoms. The Balaban J connectivity index is 1.86. The zero-order valence-corrected chi connectivity index (χ0v) is 12.4. The van der Waals surface area contributed by atoms with E-state index < -0.39 is 0 Å². The highest BCUT2D eigenvalue weighted by Gasteiger charge is 2.19. The molecule has 0 amide bonds. The van der Waals surface area contributed by atoms with Gasteiger partial charge in [0.1, 0.15) is 0 Å². The van der Waals surface area contributed by atoms with Crippen molar-refractivity contribution in [3.05, 3.63) is 35.9 Å². The van der Waals surface area contributed by atoms with Gasteiger partial charge in [-0.1, -0.05) is 30.3 Å². The number of hydrogen-bond donors (Lipinski definition) is 2. The Labute approximate surface area is 121 Å². The first-order chi connectivity index (χ1) is 9.69. The van der Waals surface area contributed by atoms with Crippen LogP contribution in [0.15, 0.2) is 35.3 Å². The Kier molecular flexibility index (Phi) is 5.38. The van der Waals surface area contributed by atoms with Crippen LogP contribution < -0.4 is 11.3 Å². The van der Waals surface area contributed by atoms with Crippen molar-refractivity contribution >= 4 is 5.96 Å². The molecule has 0 spiro atoms. The molecule has 5 heteroatoms. The average Bonchev–Trinajstić information content (AvgIpc) is 2.46. The number of nitrogens with one attached hydrogen (secondary N) is 1. The molecule has 1 fully saturated rings. The van der Waals surface area contributed by atoms with Gasteiger partial charge < -0.3 is 4.90 Å². The van der Waals surface area contributed by atoms with E-state index in [1.807, 2.05) is 0 Å². The second-order valence-electron chi connectivity index (χ2n) is 5.44. The lowest BCUT2D eigenvalue weighted by Gasteiger charge is -2.36. The fourth-order valence-corrected chi connectivity index (χ4v) is 2.41. The highest BCUT2D eigenvalue weighted by Crippen LogP contribution is 2.08. The van der Waals surface area contributed by atoms with Crippen molar-refractivity contribution in [2.24, 2.45) is 10.8 Å². The van der Waals surface area contributed by atoms with Gasteiger partial charge in [-0.15, -0.1) is 0 Å². The number of hydrogen-bond acceptors (Lipinski definition) is 3. The molecule has 20 heavy (non-hydrogen) atoms. The van der Waals surface area contributed by atoms with Crippen molar-refractivity contribution in [3.63, 3.8) is 0 Å². The molecule has 3 N–H and O–H groups in total. The summed E-state index contributed by atoms with van der Waals surface area (Å²) in [5, 5.41) is 0. The van der Waals surface area contributed by atoms with Crippen molar-refractivity contribution in [1.29, 1.82) is 0 Å². The van der Waals surface area contributed by atoms with E-state index in [9.17, 15) is 0 Å². The van der Waals surface area contributed by atoms with Crippen molar-refractivity contribution in [2.45, 2.75) is 26.4 Å². The van der Waals surface area contributed by atoms with Crippen LogP contribution in [-0.4, -0.2) is 48.0 Å². The molecule has 0 saturated carbocycles. The molecule has 1 aromatic rings. The third-order valence-electron chi connectivity index (χ3n) is 3.43. The summed E-state index contributed by atoms with van der Waals surface area (Å²) in [5.74, 6) is 6.38. The maximum absolute atomic E-state index is 5.57. The molecule has 1 aliphatic heterocycles. The largest absolute Gasteiger partial charge is 0.339 e. The van der Waals surface area contributed by atoms with Gasteiger partial charge in [0, 0.05) is 38.8 Å². The summed E-state index contributed by atoms with van der Waals surface area (Å²) in [6, 6.07) is 10.9. The number of rotatable bonds is 3. The third kappa shape index (κ3) is 4.21. The van der Waals surface area contributed by atoms with Crippen LogP contribution in [0.3, 0.4) is 0 Å². The summed E-state index contributed by atoms with van der Waals surface area (Å²) in [6.45, 7) is 9.12. The van der Waals surface area contributed by atoms with Crippen LogP contribution in [0, 0.1) is 0 Å². The molecule has 0 aliphatic carbocycles. The van der Waals surface area contributed by atoms with E-state index >= 15 is 0 Å². The highest BCUT2D eigenvalue weighted by atomic mass is 15.4. The van der Waals surface area contributed by atoms with Gasteiger partial charge in [-0.2, -0.15) is 0 Å². The Morgan fingerprint density at radius 3 is 2.40 bits per heavy atom. The maximum Gasteiger partial charge on any atom is 0.208 e. The molecule has 1 aromatic carbocycles. The Bertz CT molecular complexity index is 421. The lowest BCUT2D eigenvalue weighted by atomic mass is 10.2. The monoisotopic (exact) mass is 275 g/mol. The molecule has 2 rings (SSSR count). The summed E-state index contributed by atoms with van der Waals surface area (Å²) in [4.78, 5) is 9.21. The van der Waals surface area contributed by atoms with Gasteiger partial charge in [0.05, 0.1) is 0 Å². The first kappa shape index (κ1) is 14.8. The molecular formula is C15H25N5. The molecule has 110 valence electrons. The van der Waals surface area contributed by atoms with E-state index in [0.29, 0.717) is 0 Å². The lowest BCUT2D eigenvalue weighted by molar-refractivity contribution is 0.172. The molecular weight excluding hydrogens is 250 g/mol. The zero-order chi connectivity index (χ0) is 14.4. The van der Waals surface area contributed by atoms with Crippen molar-refractivity contribution in [3.8, 4) is 0 Å². The van der Waals surface area contributed by atoms with Crippen LogP contribution in [0.4, 0.5) is 0 Å². The topological polar surface area (TPSA) is 56.9 Å². The van der Waals surface area contributed by atoms with Crippen LogP contribution >= 0.6 is 0 Å². The minimum Gasteiger partial charge on any atom is -0.339 e. The van der Waals surface area contributed by atoms with Gasteiger partial charge in [0.25, 0.3) is 0 Å². The molecule has 0 unspecified atom stereocenters. The minimum absolute atomic E-state index is 0.253. The van der Waals surface area contributed by atoms with Crippen molar-refractivity contribution in [1.82, 2.24) is 15.2 Å². The van der Waals surface area contributed by atoms with Crippen molar-refractivity contribution < 1.29 is 0 Å². The maximum atomic E-state index is 5.57. The fourth-order valence-electron chi connectivity index (χ4n) is 2.41. The molecule has 1 aliphatic rings. The van der Waals surface area contributed by atoms with Gasteiger partial charge in [-0.3, -0.25) is 10.3 Å². The van der Waals surface area contributed by atoms with Gasteiger partial charge in [-0.05, 0) is 19.4 Å². The van der Waals surface area contributed by atoms with Crippen LogP contribution in [0.25, 0.3) is 0 Å². The summed E-state index contributed by atoms with van der Waals surface area (Å²) in [6.07, 6.45) is 0. The molecule has 1 heterocycles. The molecule has 5 nitrogen and oxygen atoms in total. The minimum atomic E-state index is 0.253. The second-order valence-corrected chi connectivity index (χ2v) is 5.44. The molecule has 0 aromatic heterocycles. The number of hydrazine groups is 1. The zero-order valence-electron chi connectivity index (χ0n) is 12.4. The fraction of sp³-hybridized carbons (Fsp3) is 0.533. The predicted octanol–water partition coefficient (Wildman–Crippen LogP) is 1.03. The van der Waals surface area contributed by atoms with Crippen molar-refractivity contribution in [2.75, 3.05) is 26.2 Å². The second kappa shape index (κ2) is 7.26. The standard InChI is InChI=1S/C15H25N5/c1-13(2)17-15(18-16)20-10-8-19(9-11-20)12-14-6-4-3-5-7-14/h3-7,13H,8-12,16H2,1-2H3,(H,17,18). The van der Waals surface area contributed by atoms with E-state index in [1.54, 1.807) is 0 Å². The van der Waals surface area contributed by atoms with Gasteiger partial charge in [0.15, 0.2) is 0 Å². The quantitative estimate of drug-likeness (QED) is 0.374. The molecule has 0 radical (unpaired) electrons. The van der Waals surface area contributed by atoms with E-state index in [2.05, 4.69) is 64.4 Å². The van der Waals surface area contributed by atoms with Crippen LogP contribution in [-0.2, 0) is 6.54 Å². The lowest BCUT2D eigenvalue weighted by Crippen LogP contribution is -2.53. The molecule has 1 saturated heterocycles. The SMILES string of the molecule is CC(C)N=C(NN)N1CCN(Cc2ccccc2)CC1. The summed E-state index contributed by atoms with van der Waals surface area (Å²) < 4.78 is 0. The third-order valence-corrected chi connectivity index (χ3v) is 3.43.